The molecule has 0 heterocycles. The molecular formula is C10H22N2O2. The summed E-state index contributed by atoms with van der Waals surface area (Å²) in [6.45, 7) is 7.48. The van der Waals surface area contributed by atoms with E-state index in [1.165, 1.54) is 0 Å². The highest BCUT2D eigenvalue weighted by molar-refractivity contribution is 5.75. The lowest BCUT2D eigenvalue weighted by molar-refractivity contribution is -0.122. The number of hydrogen-bond donors (Lipinski definition) is 2. The molecule has 0 aliphatic heterocycles. The van der Waals surface area contributed by atoms with Crippen LogP contribution in [-0.2, 0) is 9.53 Å². The molecule has 0 saturated carbocycles. The number of amides is 1. The molecule has 84 valence electrons. The molecule has 0 aromatic carbocycles. The van der Waals surface area contributed by atoms with Crippen LogP contribution in [0.1, 0.15) is 33.6 Å². The largest absolute Gasteiger partial charge is 0.379 e. The van der Waals surface area contributed by atoms with Gasteiger partial charge in [0.1, 0.15) is 0 Å². The summed E-state index contributed by atoms with van der Waals surface area (Å²) < 4.78 is 5.32. The maximum absolute atomic E-state index is 11.0. The molecule has 14 heavy (non-hydrogen) atoms. The van der Waals surface area contributed by atoms with Crippen LogP contribution < -0.4 is 11.1 Å². The van der Waals surface area contributed by atoms with E-state index in [0.29, 0.717) is 26.2 Å². The van der Waals surface area contributed by atoms with Gasteiger partial charge in [0.05, 0.1) is 13.2 Å². The van der Waals surface area contributed by atoms with Crippen LogP contribution >= 0.6 is 0 Å². The van der Waals surface area contributed by atoms with Crippen molar-refractivity contribution in [3.05, 3.63) is 0 Å². The van der Waals surface area contributed by atoms with Gasteiger partial charge in [-0.15, -0.1) is 0 Å². The fraction of sp³-hybridized carbons (Fsp3) is 0.900. The van der Waals surface area contributed by atoms with E-state index in [4.69, 9.17) is 10.5 Å². The molecule has 0 spiro atoms. The predicted octanol–water partition coefficient (Wildman–Crippen LogP) is 0.657. The zero-order valence-electron chi connectivity index (χ0n) is 9.43. The molecule has 3 N–H and O–H groups in total. The molecule has 0 fully saturated rings. The van der Waals surface area contributed by atoms with E-state index in [2.05, 4.69) is 5.32 Å². The average molecular weight is 202 g/mol. The molecule has 0 aromatic rings. The normalized spacial score (nSPS) is 14.9. The van der Waals surface area contributed by atoms with Crippen LogP contribution in [0.3, 0.4) is 0 Å². The van der Waals surface area contributed by atoms with E-state index in [1.54, 1.807) is 0 Å². The lowest BCUT2D eigenvalue weighted by Gasteiger charge is -2.22. The number of nitrogens with one attached hydrogen (secondary N) is 1. The summed E-state index contributed by atoms with van der Waals surface area (Å²) in [5.74, 6) is 0.0303. The summed E-state index contributed by atoms with van der Waals surface area (Å²) in [7, 11) is 0. The summed E-state index contributed by atoms with van der Waals surface area (Å²) in [5.41, 5.74) is 5.59. The fourth-order valence-corrected chi connectivity index (χ4v) is 0.858. The van der Waals surface area contributed by atoms with Crippen molar-refractivity contribution in [2.75, 3.05) is 19.8 Å². The number of nitrogens with two attached hydrogens (primary N) is 1. The maximum atomic E-state index is 11.0. The molecule has 4 heteroatoms. The van der Waals surface area contributed by atoms with Crippen LogP contribution in [0, 0.1) is 0 Å². The molecule has 0 aliphatic rings. The summed E-state index contributed by atoms with van der Waals surface area (Å²) in [5, 5.41) is 2.71. The second-order valence-electron chi connectivity index (χ2n) is 3.76. The molecule has 1 atom stereocenters. The van der Waals surface area contributed by atoms with Gasteiger partial charge < -0.3 is 15.8 Å². The van der Waals surface area contributed by atoms with Gasteiger partial charge in [0, 0.05) is 18.5 Å². The van der Waals surface area contributed by atoms with Crippen LogP contribution in [0.2, 0.25) is 0 Å². The Labute approximate surface area is 86.2 Å². The van der Waals surface area contributed by atoms with Crippen molar-refractivity contribution < 1.29 is 9.53 Å². The Morgan fingerprint density at radius 1 is 1.50 bits per heavy atom. The van der Waals surface area contributed by atoms with Gasteiger partial charge >= 0.3 is 0 Å². The highest BCUT2D eigenvalue weighted by atomic mass is 16.5. The lowest BCUT2D eigenvalue weighted by atomic mass is 10.0. The molecule has 1 unspecified atom stereocenters. The van der Waals surface area contributed by atoms with Gasteiger partial charge in [-0.05, 0) is 20.3 Å². The molecule has 1 amide bonds. The number of ether oxygens (including phenoxy) is 1. The van der Waals surface area contributed by atoms with Gasteiger partial charge in [0.25, 0.3) is 0 Å². The highest BCUT2D eigenvalue weighted by Gasteiger charge is 2.15. The third-order valence-electron chi connectivity index (χ3n) is 2.09. The van der Waals surface area contributed by atoms with Gasteiger partial charge in [-0.3, -0.25) is 4.79 Å². The van der Waals surface area contributed by atoms with Crippen molar-refractivity contribution in [1.82, 2.24) is 5.32 Å². The van der Waals surface area contributed by atoms with Crippen molar-refractivity contribution >= 4 is 5.91 Å². The minimum atomic E-state index is -0.277. The van der Waals surface area contributed by atoms with Crippen LogP contribution in [0.15, 0.2) is 0 Å². The van der Waals surface area contributed by atoms with Gasteiger partial charge in [-0.25, -0.2) is 0 Å². The van der Waals surface area contributed by atoms with E-state index >= 15 is 0 Å². The van der Waals surface area contributed by atoms with E-state index in [1.807, 2.05) is 20.8 Å². The minimum Gasteiger partial charge on any atom is -0.379 e. The predicted molar refractivity (Wildman–Crippen MR) is 57.0 cm³/mol. The Kier molecular flexibility index (Phi) is 6.49. The Hall–Kier alpha value is -0.610. The van der Waals surface area contributed by atoms with Crippen molar-refractivity contribution in [1.29, 1.82) is 0 Å². The van der Waals surface area contributed by atoms with E-state index in [0.717, 1.165) is 6.42 Å². The first-order valence-corrected chi connectivity index (χ1v) is 5.15. The lowest BCUT2D eigenvalue weighted by Crippen LogP contribution is -2.40. The van der Waals surface area contributed by atoms with Crippen molar-refractivity contribution in [2.45, 2.75) is 39.2 Å². The van der Waals surface area contributed by atoms with Crippen molar-refractivity contribution in [2.24, 2.45) is 5.73 Å². The van der Waals surface area contributed by atoms with Crippen LogP contribution in [-0.4, -0.2) is 31.2 Å². The third-order valence-corrected chi connectivity index (χ3v) is 2.09. The van der Waals surface area contributed by atoms with Crippen molar-refractivity contribution in [3.8, 4) is 0 Å². The number of carbonyl (C=O) groups excluding carboxylic acids is 1. The van der Waals surface area contributed by atoms with Gasteiger partial charge in [0.2, 0.25) is 5.91 Å². The molecule has 0 aliphatic carbocycles. The Morgan fingerprint density at radius 3 is 2.64 bits per heavy atom. The third kappa shape index (κ3) is 6.86. The molecular weight excluding hydrogens is 180 g/mol. The Bertz CT molecular complexity index is 170. The van der Waals surface area contributed by atoms with Crippen LogP contribution in [0.4, 0.5) is 0 Å². The first-order valence-electron chi connectivity index (χ1n) is 5.15. The topological polar surface area (TPSA) is 64.3 Å². The second-order valence-corrected chi connectivity index (χ2v) is 3.76. The van der Waals surface area contributed by atoms with Gasteiger partial charge in [0.15, 0.2) is 0 Å². The zero-order chi connectivity index (χ0) is 11.0. The van der Waals surface area contributed by atoms with Crippen molar-refractivity contribution in [3.63, 3.8) is 0 Å². The summed E-state index contributed by atoms with van der Waals surface area (Å²) >= 11 is 0. The minimum absolute atomic E-state index is 0.0303. The summed E-state index contributed by atoms with van der Waals surface area (Å²) in [6.07, 6.45) is 1.28. The average Bonchev–Trinajstić information content (AvgIpc) is 2.13. The number of hydrogen-bond acceptors (Lipinski definition) is 3. The second kappa shape index (κ2) is 6.79. The molecule has 0 aromatic heterocycles. The molecule has 4 nitrogen and oxygen atoms in total. The Morgan fingerprint density at radius 2 is 2.14 bits per heavy atom. The first-order chi connectivity index (χ1) is 6.52. The van der Waals surface area contributed by atoms with Crippen LogP contribution in [0.25, 0.3) is 0 Å². The molecule has 0 saturated heterocycles. The quantitative estimate of drug-likeness (QED) is 0.596. The molecule has 0 bridgehead atoms. The SMILES string of the molecule is CCNC(=O)CCOCC(C)(N)CC. The fourth-order valence-electron chi connectivity index (χ4n) is 0.858. The summed E-state index contributed by atoms with van der Waals surface area (Å²) in [4.78, 5) is 11.0. The number of carbonyl (C=O) groups is 1. The first kappa shape index (κ1) is 13.4. The van der Waals surface area contributed by atoms with Gasteiger partial charge in [-0.2, -0.15) is 0 Å². The highest BCUT2D eigenvalue weighted by Crippen LogP contribution is 2.04. The standard InChI is InChI=1S/C10H22N2O2/c1-4-10(3,11)8-14-7-6-9(13)12-5-2/h4-8,11H2,1-3H3,(H,12,13). The smallest absolute Gasteiger partial charge is 0.222 e. The van der Waals surface area contributed by atoms with E-state index in [9.17, 15) is 4.79 Å². The zero-order valence-corrected chi connectivity index (χ0v) is 9.43. The monoisotopic (exact) mass is 202 g/mol. The number of rotatable bonds is 7. The Balaban J connectivity index is 3.42. The van der Waals surface area contributed by atoms with E-state index in [-0.39, 0.29) is 11.4 Å². The molecule has 0 radical (unpaired) electrons. The van der Waals surface area contributed by atoms with Gasteiger partial charge in [-0.1, -0.05) is 6.92 Å². The molecule has 0 rings (SSSR count). The van der Waals surface area contributed by atoms with Crippen LogP contribution in [0.5, 0.6) is 0 Å². The summed E-state index contributed by atoms with van der Waals surface area (Å²) in [6, 6.07) is 0. The maximum Gasteiger partial charge on any atom is 0.222 e. The van der Waals surface area contributed by atoms with E-state index < -0.39 is 0 Å².